The van der Waals surface area contributed by atoms with Crippen molar-refractivity contribution in [3.63, 3.8) is 0 Å². The van der Waals surface area contributed by atoms with Crippen molar-refractivity contribution < 1.29 is 4.79 Å². The van der Waals surface area contributed by atoms with Gasteiger partial charge in [-0.1, -0.05) is 0 Å². The van der Waals surface area contributed by atoms with Crippen LogP contribution in [-0.4, -0.2) is 50.8 Å². The number of aryl methyl sites for hydroxylation is 2. The lowest BCUT2D eigenvalue weighted by Gasteiger charge is -2.31. The average molecular weight is 302 g/mol. The molecular weight excluding hydrogens is 280 g/mol. The predicted molar refractivity (Wildman–Crippen MR) is 83.7 cm³/mol. The Morgan fingerprint density at radius 2 is 2.32 bits per heavy atom. The zero-order valence-electron chi connectivity index (χ0n) is 13.0. The van der Waals surface area contributed by atoms with Crippen molar-refractivity contribution in [2.75, 3.05) is 25.0 Å². The molecule has 0 spiro atoms. The first-order valence-electron chi connectivity index (χ1n) is 7.66. The normalized spacial score (nSPS) is 19.3. The maximum absolute atomic E-state index is 12.3. The van der Waals surface area contributed by atoms with Crippen LogP contribution in [0.2, 0.25) is 0 Å². The number of nitrogens with zero attached hydrogens (tertiary/aromatic N) is 3. The van der Waals surface area contributed by atoms with Gasteiger partial charge < -0.3 is 5.32 Å². The van der Waals surface area contributed by atoms with Crippen LogP contribution in [-0.2, 0) is 4.79 Å². The van der Waals surface area contributed by atoms with E-state index in [1.54, 1.807) is 6.20 Å². The fourth-order valence-corrected chi connectivity index (χ4v) is 3.06. The summed E-state index contributed by atoms with van der Waals surface area (Å²) in [6, 6.07) is 2.02. The monoisotopic (exact) mass is 302 g/mol. The van der Waals surface area contributed by atoms with Gasteiger partial charge in [0.2, 0.25) is 5.91 Å². The van der Waals surface area contributed by atoms with E-state index in [4.69, 9.17) is 0 Å². The molecule has 7 nitrogen and oxygen atoms in total. The van der Waals surface area contributed by atoms with Crippen LogP contribution in [0.15, 0.2) is 12.3 Å². The molecule has 118 valence electrons. The number of hydrogen-bond donors (Lipinski definition) is 3. The number of carbonyl (C=O) groups excluding carboxylic acids is 1. The minimum Gasteiger partial charge on any atom is -0.322 e. The Hall–Kier alpha value is -2.15. The number of aromatic amines is 2. The van der Waals surface area contributed by atoms with Gasteiger partial charge in [-0.2, -0.15) is 10.2 Å². The number of carbonyl (C=O) groups is 1. The van der Waals surface area contributed by atoms with E-state index in [0.29, 0.717) is 12.5 Å². The fraction of sp³-hybridized carbons (Fsp3) is 0.533. The molecule has 1 aliphatic rings. The van der Waals surface area contributed by atoms with Crippen LogP contribution in [0.5, 0.6) is 0 Å². The third-order valence-electron chi connectivity index (χ3n) is 4.23. The third-order valence-corrected chi connectivity index (χ3v) is 4.23. The van der Waals surface area contributed by atoms with E-state index in [9.17, 15) is 4.79 Å². The third kappa shape index (κ3) is 3.19. The predicted octanol–water partition coefficient (Wildman–Crippen LogP) is 1.57. The minimum atomic E-state index is 0.0119. The van der Waals surface area contributed by atoms with E-state index >= 15 is 0 Å². The number of anilines is 1. The molecule has 1 saturated heterocycles. The van der Waals surface area contributed by atoms with Gasteiger partial charge in [0.25, 0.3) is 0 Å². The molecule has 1 amide bonds. The summed E-state index contributed by atoms with van der Waals surface area (Å²) >= 11 is 0. The first-order valence-corrected chi connectivity index (χ1v) is 7.66. The van der Waals surface area contributed by atoms with Crippen LogP contribution in [0.3, 0.4) is 0 Å². The molecule has 2 aromatic heterocycles. The quantitative estimate of drug-likeness (QED) is 0.799. The summed E-state index contributed by atoms with van der Waals surface area (Å²) in [5.41, 5.74) is 3.67. The molecule has 1 fully saturated rings. The number of amides is 1. The maximum atomic E-state index is 12.3. The molecule has 0 saturated carbocycles. The van der Waals surface area contributed by atoms with E-state index < -0.39 is 0 Å². The van der Waals surface area contributed by atoms with Gasteiger partial charge in [-0.3, -0.25) is 19.9 Å². The summed E-state index contributed by atoms with van der Waals surface area (Å²) in [6.07, 6.45) is 4.02. The van der Waals surface area contributed by atoms with Gasteiger partial charge in [0.15, 0.2) is 0 Å². The molecule has 0 bridgehead atoms. The second-order valence-electron chi connectivity index (χ2n) is 5.94. The summed E-state index contributed by atoms with van der Waals surface area (Å²) in [6.45, 7) is 6.05. The highest BCUT2D eigenvalue weighted by molar-refractivity contribution is 5.93. The highest BCUT2D eigenvalue weighted by Crippen LogP contribution is 2.25. The smallest absolute Gasteiger partial charge is 0.238 e. The summed E-state index contributed by atoms with van der Waals surface area (Å²) in [5, 5.41) is 17.0. The van der Waals surface area contributed by atoms with Crippen molar-refractivity contribution in [3.8, 4) is 0 Å². The molecule has 7 heteroatoms. The molecule has 3 rings (SSSR count). The first-order chi connectivity index (χ1) is 10.6. The van der Waals surface area contributed by atoms with Crippen LogP contribution in [0.1, 0.15) is 35.8 Å². The Morgan fingerprint density at radius 1 is 1.45 bits per heavy atom. The summed E-state index contributed by atoms with van der Waals surface area (Å²) < 4.78 is 0. The Balaban J connectivity index is 1.57. The number of H-pyrrole nitrogens is 2. The van der Waals surface area contributed by atoms with E-state index in [1.165, 1.54) is 0 Å². The van der Waals surface area contributed by atoms with Crippen LogP contribution in [0.4, 0.5) is 5.69 Å². The van der Waals surface area contributed by atoms with E-state index in [-0.39, 0.29) is 5.91 Å². The minimum absolute atomic E-state index is 0.0119. The van der Waals surface area contributed by atoms with Crippen molar-refractivity contribution in [1.82, 2.24) is 25.3 Å². The second kappa shape index (κ2) is 6.31. The molecule has 3 heterocycles. The van der Waals surface area contributed by atoms with Crippen molar-refractivity contribution in [3.05, 3.63) is 29.3 Å². The van der Waals surface area contributed by atoms with E-state index in [0.717, 1.165) is 48.7 Å². The standard InChI is InChI=1S/C15H22N6O/c1-10-15(11(2)19-18-10)17-14(22)9-21-7-3-4-12(8-21)13-5-6-16-20-13/h5-6,12H,3-4,7-9H2,1-2H3,(H,16,20)(H,17,22)(H,18,19). The number of likely N-dealkylation sites (tertiary alicyclic amines) is 1. The lowest BCUT2D eigenvalue weighted by atomic mass is 9.95. The van der Waals surface area contributed by atoms with Gasteiger partial charge in [0.1, 0.15) is 0 Å². The molecule has 0 aliphatic carbocycles. The molecule has 1 unspecified atom stereocenters. The number of rotatable bonds is 4. The Bertz CT molecular complexity index is 613. The van der Waals surface area contributed by atoms with E-state index in [2.05, 4.69) is 30.6 Å². The van der Waals surface area contributed by atoms with E-state index in [1.807, 2.05) is 19.9 Å². The lowest BCUT2D eigenvalue weighted by molar-refractivity contribution is -0.117. The number of hydrogen-bond acceptors (Lipinski definition) is 4. The summed E-state index contributed by atoms with van der Waals surface area (Å²) in [7, 11) is 0. The Morgan fingerprint density at radius 3 is 3.00 bits per heavy atom. The first kappa shape index (κ1) is 14.8. The molecule has 22 heavy (non-hydrogen) atoms. The SMILES string of the molecule is Cc1n[nH]c(C)c1NC(=O)CN1CCCC(c2ccn[nH]2)C1. The van der Waals surface area contributed by atoms with Crippen LogP contribution < -0.4 is 5.32 Å². The molecular formula is C15H22N6O. The van der Waals surface area contributed by atoms with Crippen molar-refractivity contribution in [1.29, 1.82) is 0 Å². The zero-order valence-corrected chi connectivity index (χ0v) is 13.0. The Labute approximate surface area is 129 Å². The number of piperidine rings is 1. The van der Waals surface area contributed by atoms with Gasteiger partial charge in [0.05, 0.1) is 23.6 Å². The number of aromatic nitrogens is 4. The van der Waals surface area contributed by atoms with Crippen LogP contribution in [0, 0.1) is 13.8 Å². The molecule has 0 radical (unpaired) electrons. The van der Waals surface area contributed by atoms with Crippen LogP contribution >= 0.6 is 0 Å². The molecule has 1 aliphatic heterocycles. The highest BCUT2D eigenvalue weighted by atomic mass is 16.2. The highest BCUT2D eigenvalue weighted by Gasteiger charge is 2.24. The maximum Gasteiger partial charge on any atom is 0.238 e. The molecule has 3 N–H and O–H groups in total. The van der Waals surface area contributed by atoms with Crippen molar-refractivity contribution in [2.24, 2.45) is 0 Å². The Kier molecular flexibility index (Phi) is 4.24. The number of nitrogens with one attached hydrogen (secondary N) is 3. The summed E-state index contributed by atoms with van der Waals surface area (Å²) in [4.78, 5) is 14.5. The second-order valence-corrected chi connectivity index (χ2v) is 5.94. The van der Waals surface area contributed by atoms with Gasteiger partial charge in [-0.15, -0.1) is 0 Å². The van der Waals surface area contributed by atoms with Gasteiger partial charge in [-0.25, -0.2) is 0 Å². The van der Waals surface area contributed by atoms with Crippen molar-refractivity contribution >= 4 is 11.6 Å². The fourth-order valence-electron chi connectivity index (χ4n) is 3.06. The molecule has 2 aromatic rings. The lowest BCUT2D eigenvalue weighted by Crippen LogP contribution is -2.40. The van der Waals surface area contributed by atoms with Gasteiger partial charge >= 0.3 is 0 Å². The summed E-state index contributed by atoms with van der Waals surface area (Å²) in [5.74, 6) is 0.444. The van der Waals surface area contributed by atoms with Gasteiger partial charge in [0, 0.05) is 24.4 Å². The largest absolute Gasteiger partial charge is 0.322 e. The van der Waals surface area contributed by atoms with Gasteiger partial charge in [-0.05, 0) is 39.3 Å². The van der Waals surface area contributed by atoms with Crippen molar-refractivity contribution in [2.45, 2.75) is 32.6 Å². The topological polar surface area (TPSA) is 89.7 Å². The molecule has 1 atom stereocenters. The van der Waals surface area contributed by atoms with Crippen LogP contribution in [0.25, 0.3) is 0 Å². The zero-order chi connectivity index (χ0) is 15.5. The average Bonchev–Trinajstić information content (AvgIpc) is 3.13. The molecule has 0 aromatic carbocycles.